The van der Waals surface area contributed by atoms with Crippen LogP contribution >= 0.6 is 0 Å². The Labute approximate surface area is 227 Å². The molecule has 1 heterocycles. The highest BCUT2D eigenvalue weighted by Crippen LogP contribution is 2.50. The zero-order valence-corrected chi connectivity index (χ0v) is 21.9. The van der Waals surface area contributed by atoms with E-state index in [0.717, 1.165) is 12.0 Å². The Morgan fingerprint density at radius 3 is 2.15 bits per heavy atom. The fourth-order valence-electron chi connectivity index (χ4n) is 5.72. The molecule has 0 radical (unpaired) electrons. The molecular formula is C31H33F3N2O3. The highest BCUT2D eigenvalue weighted by atomic mass is 19.4. The van der Waals surface area contributed by atoms with E-state index >= 15 is 0 Å². The van der Waals surface area contributed by atoms with Crippen LogP contribution in [-0.4, -0.2) is 43.0 Å². The summed E-state index contributed by atoms with van der Waals surface area (Å²) in [7, 11) is 0. The lowest BCUT2D eigenvalue weighted by atomic mass is 9.64. The summed E-state index contributed by atoms with van der Waals surface area (Å²) in [4.78, 5) is 25.9. The van der Waals surface area contributed by atoms with Gasteiger partial charge in [0.2, 0.25) is 12.3 Å². The minimum absolute atomic E-state index is 0.0534. The van der Waals surface area contributed by atoms with Gasteiger partial charge in [-0.3, -0.25) is 9.59 Å². The van der Waals surface area contributed by atoms with Gasteiger partial charge in [0.1, 0.15) is 11.5 Å². The lowest BCUT2D eigenvalue weighted by Gasteiger charge is -2.47. The molecule has 2 unspecified atom stereocenters. The van der Waals surface area contributed by atoms with Crippen LogP contribution in [0.5, 0.6) is 11.5 Å². The number of alkyl halides is 3. The number of nitrogens with zero attached hydrogens (tertiary/aromatic N) is 1. The molecule has 1 aliphatic rings. The quantitative estimate of drug-likeness (QED) is 0.293. The number of hydrogen-bond donors (Lipinski definition) is 1. The molecule has 1 saturated heterocycles. The van der Waals surface area contributed by atoms with Crippen LogP contribution in [0.4, 0.5) is 13.2 Å². The summed E-state index contributed by atoms with van der Waals surface area (Å²) in [6, 6.07) is 24.4. The van der Waals surface area contributed by atoms with Gasteiger partial charge in [0, 0.05) is 31.1 Å². The van der Waals surface area contributed by atoms with Gasteiger partial charge in [0.15, 0.2) is 5.92 Å². The second-order valence-electron chi connectivity index (χ2n) is 9.96. The van der Waals surface area contributed by atoms with Gasteiger partial charge in [0.05, 0.1) is 0 Å². The maximum absolute atomic E-state index is 14.0. The number of likely N-dealkylation sites (tertiary alicyclic amines) is 1. The van der Waals surface area contributed by atoms with E-state index in [9.17, 15) is 22.8 Å². The minimum Gasteiger partial charge on any atom is -0.457 e. The summed E-state index contributed by atoms with van der Waals surface area (Å²) in [5.41, 5.74) is 0.501. The first-order valence-corrected chi connectivity index (χ1v) is 13.2. The van der Waals surface area contributed by atoms with Gasteiger partial charge in [-0.1, -0.05) is 73.7 Å². The van der Waals surface area contributed by atoms with E-state index in [1.807, 2.05) is 54.6 Å². The largest absolute Gasteiger partial charge is 0.457 e. The number of amides is 2. The summed E-state index contributed by atoms with van der Waals surface area (Å²) in [6.07, 6.45) is -2.31. The Balaban J connectivity index is 1.60. The van der Waals surface area contributed by atoms with Crippen LogP contribution in [-0.2, 0) is 9.59 Å². The predicted molar refractivity (Wildman–Crippen MR) is 144 cm³/mol. The zero-order chi connectivity index (χ0) is 27.9. The van der Waals surface area contributed by atoms with Gasteiger partial charge in [0.25, 0.3) is 0 Å². The number of benzene rings is 3. The van der Waals surface area contributed by atoms with Crippen molar-refractivity contribution in [1.82, 2.24) is 10.2 Å². The Bertz CT molecular complexity index is 1230. The molecule has 0 saturated carbocycles. The molecule has 0 aromatic heterocycles. The van der Waals surface area contributed by atoms with E-state index in [1.54, 1.807) is 6.07 Å². The van der Waals surface area contributed by atoms with E-state index in [-0.39, 0.29) is 30.0 Å². The highest BCUT2D eigenvalue weighted by Gasteiger charge is 2.49. The molecular weight excluding hydrogens is 505 g/mol. The van der Waals surface area contributed by atoms with Crippen molar-refractivity contribution >= 4 is 12.3 Å². The number of rotatable bonds is 10. The van der Waals surface area contributed by atoms with Crippen LogP contribution in [0.15, 0.2) is 84.9 Å². The van der Waals surface area contributed by atoms with Gasteiger partial charge in [-0.25, -0.2) is 0 Å². The van der Waals surface area contributed by atoms with Gasteiger partial charge in [-0.2, -0.15) is 13.2 Å². The Morgan fingerprint density at radius 1 is 0.974 bits per heavy atom. The Hall–Kier alpha value is -3.81. The molecule has 206 valence electrons. The van der Waals surface area contributed by atoms with E-state index in [4.69, 9.17) is 4.74 Å². The molecule has 0 spiro atoms. The molecule has 0 bridgehead atoms. The van der Waals surface area contributed by atoms with E-state index in [2.05, 4.69) is 12.2 Å². The lowest BCUT2D eigenvalue weighted by molar-refractivity contribution is -0.173. The first kappa shape index (κ1) is 28.2. The van der Waals surface area contributed by atoms with Gasteiger partial charge < -0.3 is 15.0 Å². The molecule has 2 amide bonds. The average molecular weight is 539 g/mol. The number of para-hydroxylation sites is 2. The fourth-order valence-corrected chi connectivity index (χ4v) is 5.72. The van der Waals surface area contributed by atoms with Crippen molar-refractivity contribution in [3.8, 4) is 11.5 Å². The number of piperidine rings is 1. The van der Waals surface area contributed by atoms with Crippen molar-refractivity contribution in [3.05, 3.63) is 96.1 Å². The molecule has 0 aliphatic carbocycles. The summed E-state index contributed by atoms with van der Waals surface area (Å²) in [6.45, 7) is 2.79. The second kappa shape index (κ2) is 12.4. The van der Waals surface area contributed by atoms with E-state index in [1.165, 1.54) is 29.2 Å². The average Bonchev–Trinajstić information content (AvgIpc) is 2.95. The Kier molecular flexibility index (Phi) is 8.94. The highest BCUT2D eigenvalue weighted by molar-refractivity contribution is 5.84. The zero-order valence-electron chi connectivity index (χ0n) is 21.9. The summed E-state index contributed by atoms with van der Waals surface area (Å²) >= 11 is 0. The van der Waals surface area contributed by atoms with Crippen LogP contribution in [0.2, 0.25) is 0 Å². The van der Waals surface area contributed by atoms with Crippen LogP contribution in [0.25, 0.3) is 0 Å². The topological polar surface area (TPSA) is 58.6 Å². The third kappa shape index (κ3) is 6.44. The van der Waals surface area contributed by atoms with Crippen molar-refractivity contribution in [3.63, 3.8) is 0 Å². The van der Waals surface area contributed by atoms with Crippen LogP contribution < -0.4 is 10.1 Å². The van der Waals surface area contributed by atoms with Gasteiger partial charge in [-0.05, 0) is 48.4 Å². The summed E-state index contributed by atoms with van der Waals surface area (Å²) in [5, 5.41) is 2.82. The smallest absolute Gasteiger partial charge is 0.404 e. The number of halogens is 3. The Morgan fingerprint density at radius 2 is 1.56 bits per heavy atom. The number of hydrogen-bond acceptors (Lipinski definition) is 3. The lowest BCUT2D eigenvalue weighted by Crippen LogP contribution is -2.49. The predicted octanol–water partition coefficient (Wildman–Crippen LogP) is 6.67. The molecule has 1 N–H and O–H groups in total. The third-order valence-corrected chi connectivity index (χ3v) is 7.89. The summed E-state index contributed by atoms with van der Waals surface area (Å²) in [5.74, 6) is -1.95. The van der Waals surface area contributed by atoms with Crippen LogP contribution in [0, 0.1) is 5.41 Å². The van der Waals surface area contributed by atoms with Crippen LogP contribution in [0.1, 0.15) is 49.1 Å². The molecule has 1 aliphatic heterocycles. The third-order valence-electron chi connectivity index (χ3n) is 7.89. The first-order valence-electron chi connectivity index (χ1n) is 13.2. The molecule has 8 heteroatoms. The molecule has 4 rings (SSSR count). The van der Waals surface area contributed by atoms with E-state index in [0.29, 0.717) is 37.3 Å². The summed E-state index contributed by atoms with van der Waals surface area (Å²) < 4.78 is 48.3. The monoisotopic (exact) mass is 538 g/mol. The van der Waals surface area contributed by atoms with Crippen molar-refractivity contribution in [1.29, 1.82) is 0 Å². The minimum atomic E-state index is -4.69. The van der Waals surface area contributed by atoms with Crippen molar-refractivity contribution in [2.45, 2.75) is 44.2 Å². The van der Waals surface area contributed by atoms with Gasteiger partial charge >= 0.3 is 6.18 Å². The van der Waals surface area contributed by atoms with Crippen molar-refractivity contribution in [2.24, 2.45) is 5.41 Å². The van der Waals surface area contributed by atoms with Gasteiger partial charge in [-0.15, -0.1) is 0 Å². The van der Waals surface area contributed by atoms with E-state index < -0.39 is 18.0 Å². The standard InChI is InChI=1S/C31H33F3N2O3/c1-2-30(17-19-36(20-18-30)29(38)28(31(32,33)34)23-11-5-3-6-12-23)26(21-35-22-37)25-15-9-10-16-27(25)39-24-13-7-4-8-14-24/h3-16,22,26,28H,2,17-21H2,1H3,(H,35,37). The number of ether oxygens (including phenoxy) is 1. The number of carbonyl (C=O) groups is 2. The number of carbonyl (C=O) groups excluding carboxylic acids is 2. The SMILES string of the molecule is CCC1(C(CNC=O)c2ccccc2Oc2ccccc2)CCN(C(=O)C(c2ccccc2)C(F)(F)F)CC1. The number of nitrogens with one attached hydrogen (secondary N) is 1. The molecule has 3 aromatic rings. The maximum Gasteiger partial charge on any atom is 0.404 e. The van der Waals surface area contributed by atoms with Crippen LogP contribution in [0.3, 0.4) is 0 Å². The molecule has 2 atom stereocenters. The van der Waals surface area contributed by atoms with Crippen molar-refractivity contribution < 1.29 is 27.5 Å². The van der Waals surface area contributed by atoms with Crippen molar-refractivity contribution in [2.75, 3.05) is 19.6 Å². The first-order chi connectivity index (χ1) is 18.8. The second-order valence-corrected chi connectivity index (χ2v) is 9.96. The molecule has 1 fully saturated rings. The fraction of sp³-hybridized carbons (Fsp3) is 0.355. The molecule has 5 nitrogen and oxygen atoms in total. The maximum atomic E-state index is 14.0. The normalized spacial score (nSPS) is 16.7. The molecule has 3 aromatic carbocycles. The molecule has 39 heavy (non-hydrogen) atoms.